The average molecular weight is 264 g/mol. The van der Waals surface area contributed by atoms with Crippen molar-refractivity contribution in [1.29, 1.82) is 0 Å². The SMILES string of the molecule is CN1CCOC(CNC(=O)c2ccc(NN)cc2)C1. The molecule has 0 bridgehead atoms. The van der Waals surface area contributed by atoms with Crippen molar-refractivity contribution in [3.63, 3.8) is 0 Å². The van der Waals surface area contributed by atoms with E-state index in [4.69, 9.17) is 10.6 Å². The molecule has 0 aromatic heterocycles. The summed E-state index contributed by atoms with van der Waals surface area (Å²) in [5.74, 6) is 5.18. The molecule has 4 N–H and O–H groups in total. The Morgan fingerprint density at radius 3 is 2.84 bits per heavy atom. The van der Waals surface area contributed by atoms with E-state index in [-0.39, 0.29) is 12.0 Å². The topological polar surface area (TPSA) is 79.6 Å². The van der Waals surface area contributed by atoms with Crippen molar-refractivity contribution in [2.24, 2.45) is 5.84 Å². The minimum atomic E-state index is -0.0969. The Balaban J connectivity index is 1.83. The van der Waals surface area contributed by atoms with Gasteiger partial charge in [-0.15, -0.1) is 0 Å². The van der Waals surface area contributed by atoms with Crippen LogP contribution in [-0.4, -0.2) is 50.2 Å². The number of nitrogens with zero attached hydrogens (tertiary/aromatic N) is 1. The number of nitrogens with one attached hydrogen (secondary N) is 2. The zero-order valence-corrected chi connectivity index (χ0v) is 11.1. The summed E-state index contributed by atoms with van der Waals surface area (Å²) in [7, 11) is 2.05. The molecular weight excluding hydrogens is 244 g/mol. The molecule has 19 heavy (non-hydrogen) atoms. The quantitative estimate of drug-likeness (QED) is 0.528. The first-order valence-electron chi connectivity index (χ1n) is 6.34. The maximum absolute atomic E-state index is 11.9. The molecule has 6 nitrogen and oxygen atoms in total. The van der Waals surface area contributed by atoms with Crippen LogP contribution in [0.5, 0.6) is 0 Å². The lowest BCUT2D eigenvalue weighted by atomic mass is 10.2. The second-order valence-electron chi connectivity index (χ2n) is 4.69. The number of carbonyl (C=O) groups is 1. The smallest absolute Gasteiger partial charge is 0.251 e. The number of carbonyl (C=O) groups excluding carboxylic acids is 1. The molecular formula is C13H20N4O2. The Bertz CT molecular complexity index is 421. The first-order chi connectivity index (χ1) is 9.19. The zero-order valence-electron chi connectivity index (χ0n) is 11.1. The van der Waals surface area contributed by atoms with Crippen LogP contribution < -0.4 is 16.6 Å². The number of amides is 1. The molecule has 0 saturated carbocycles. The van der Waals surface area contributed by atoms with Crippen molar-refractivity contribution in [3.05, 3.63) is 29.8 Å². The summed E-state index contributed by atoms with van der Waals surface area (Å²) in [4.78, 5) is 14.1. The largest absolute Gasteiger partial charge is 0.374 e. The highest BCUT2D eigenvalue weighted by molar-refractivity contribution is 5.94. The fraction of sp³-hybridized carbons (Fsp3) is 0.462. The zero-order chi connectivity index (χ0) is 13.7. The molecule has 0 radical (unpaired) electrons. The van der Waals surface area contributed by atoms with Crippen molar-refractivity contribution in [3.8, 4) is 0 Å². The van der Waals surface area contributed by atoms with Gasteiger partial charge in [-0.1, -0.05) is 0 Å². The molecule has 6 heteroatoms. The second kappa shape index (κ2) is 6.51. The van der Waals surface area contributed by atoms with E-state index in [1.165, 1.54) is 0 Å². The number of rotatable bonds is 4. The van der Waals surface area contributed by atoms with E-state index in [0.717, 1.165) is 18.8 Å². The molecule has 1 aromatic rings. The Kier molecular flexibility index (Phi) is 4.73. The van der Waals surface area contributed by atoms with Gasteiger partial charge in [0, 0.05) is 30.9 Å². The lowest BCUT2D eigenvalue weighted by Gasteiger charge is -2.30. The molecule has 104 valence electrons. The first kappa shape index (κ1) is 13.8. The van der Waals surface area contributed by atoms with Crippen LogP contribution in [0.25, 0.3) is 0 Å². The fourth-order valence-electron chi connectivity index (χ4n) is 2.02. The molecule has 1 aliphatic heterocycles. The maximum Gasteiger partial charge on any atom is 0.251 e. The normalized spacial score (nSPS) is 20.0. The molecule has 2 rings (SSSR count). The maximum atomic E-state index is 11.9. The van der Waals surface area contributed by atoms with E-state index >= 15 is 0 Å². The van der Waals surface area contributed by atoms with Crippen molar-refractivity contribution in [2.45, 2.75) is 6.10 Å². The number of hydrogen-bond donors (Lipinski definition) is 3. The third-order valence-electron chi connectivity index (χ3n) is 3.15. The van der Waals surface area contributed by atoms with Crippen molar-refractivity contribution >= 4 is 11.6 Å². The van der Waals surface area contributed by atoms with Gasteiger partial charge in [0.25, 0.3) is 5.91 Å². The van der Waals surface area contributed by atoms with E-state index < -0.39 is 0 Å². The van der Waals surface area contributed by atoms with Crippen molar-refractivity contribution in [1.82, 2.24) is 10.2 Å². The number of ether oxygens (including phenoxy) is 1. The van der Waals surface area contributed by atoms with Gasteiger partial charge in [-0.2, -0.15) is 0 Å². The summed E-state index contributed by atoms with van der Waals surface area (Å²) in [6.45, 7) is 3.03. The number of nitrogen functional groups attached to an aromatic ring is 1. The Morgan fingerprint density at radius 1 is 1.47 bits per heavy atom. The van der Waals surface area contributed by atoms with Crippen molar-refractivity contribution in [2.75, 3.05) is 38.7 Å². The molecule has 0 spiro atoms. The van der Waals surface area contributed by atoms with E-state index in [9.17, 15) is 4.79 Å². The van der Waals surface area contributed by atoms with Crippen LogP contribution in [0.3, 0.4) is 0 Å². The number of hydrogen-bond acceptors (Lipinski definition) is 5. The third kappa shape index (κ3) is 3.92. The van der Waals surface area contributed by atoms with Gasteiger partial charge >= 0.3 is 0 Å². The van der Waals surface area contributed by atoms with Crippen LogP contribution >= 0.6 is 0 Å². The summed E-state index contributed by atoms with van der Waals surface area (Å²) in [5, 5.41) is 2.88. The first-order valence-corrected chi connectivity index (χ1v) is 6.34. The lowest BCUT2D eigenvalue weighted by Crippen LogP contribution is -2.45. The van der Waals surface area contributed by atoms with Crippen LogP contribution in [0.4, 0.5) is 5.69 Å². The highest BCUT2D eigenvalue weighted by Crippen LogP contribution is 2.08. The standard InChI is InChI=1S/C13H20N4O2/c1-17-6-7-19-12(9-17)8-15-13(18)10-2-4-11(16-14)5-3-10/h2-5,12,16H,6-9,14H2,1H3,(H,15,18). The summed E-state index contributed by atoms with van der Waals surface area (Å²) >= 11 is 0. The van der Waals surface area contributed by atoms with Gasteiger partial charge in [0.1, 0.15) is 0 Å². The van der Waals surface area contributed by atoms with Crippen molar-refractivity contribution < 1.29 is 9.53 Å². The number of hydrazine groups is 1. The van der Waals surface area contributed by atoms with E-state index in [1.54, 1.807) is 24.3 Å². The molecule has 1 heterocycles. The minimum Gasteiger partial charge on any atom is -0.374 e. The molecule has 1 saturated heterocycles. The minimum absolute atomic E-state index is 0.0627. The summed E-state index contributed by atoms with van der Waals surface area (Å²) in [6.07, 6.45) is 0.0627. The predicted molar refractivity (Wildman–Crippen MR) is 73.8 cm³/mol. The molecule has 1 aromatic carbocycles. The molecule has 1 amide bonds. The van der Waals surface area contributed by atoms with Gasteiger partial charge in [-0.25, -0.2) is 0 Å². The molecule has 0 aliphatic carbocycles. The molecule has 1 atom stereocenters. The van der Waals surface area contributed by atoms with Crippen LogP contribution in [0.15, 0.2) is 24.3 Å². The number of anilines is 1. The second-order valence-corrected chi connectivity index (χ2v) is 4.69. The van der Waals surface area contributed by atoms with Gasteiger partial charge in [0.15, 0.2) is 0 Å². The average Bonchev–Trinajstić information content (AvgIpc) is 2.45. The Morgan fingerprint density at radius 2 is 2.21 bits per heavy atom. The Labute approximate surface area is 112 Å². The third-order valence-corrected chi connectivity index (χ3v) is 3.15. The summed E-state index contributed by atoms with van der Waals surface area (Å²) in [5.41, 5.74) is 3.91. The van der Waals surface area contributed by atoms with Crippen LogP contribution in [0, 0.1) is 0 Å². The monoisotopic (exact) mass is 264 g/mol. The lowest BCUT2D eigenvalue weighted by molar-refractivity contribution is -0.0175. The number of morpholine rings is 1. The number of likely N-dealkylation sites (N-methyl/N-ethyl adjacent to an activating group) is 1. The van der Waals surface area contributed by atoms with Crippen LogP contribution in [0.1, 0.15) is 10.4 Å². The molecule has 1 unspecified atom stereocenters. The molecule has 1 fully saturated rings. The highest BCUT2D eigenvalue weighted by atomic mass is 16.5. The van der Waals surface area contributed by atoms with Gasteiger partial charge in [-0.05, 0) is 31.3 Å². The summed E-state index contributed by atoms with van der Waals surface area (Å²) in [6, 6.07) is 7.00. The fourth-order valence-corrected chi connectivity index (χ4v) is 2.02. The van der Waals surface area contributed by atoms with E-state index in [1.807, 2.05) is 0 Å². The Hall–Kier alpha value is -1.63. The van der Waals surface area contributed by atoms with Crippen LogP contribution in [0.2, 0.25) is 0 Å². The number of benzene rings is 1. The predicted octanol–water partition coefficient (Wildman–Crippen LogP) is 0.0326. The van der Waals surface area contributed by atoms with Gasteiger partial charge in [0.2, 0.25) is 0 Å². The van der Waals surface area contributed by atoms with Gasteiger partial charge < -0.3 is 20.4 Å². The van der Waals surface area contributed by atoms with Gasteiger partial charge in [0.05, 0.1) is 12.7 Å². The van der Waals surface area contributed by atoms with Crippen LogP contribution in [-0.2, 0) is 4.74 Å². The number of nitrogens with two attached hydrogens (primary N) is 1. The highest BCUT2D eigenvalue weighted by Gasteiger charge is 2.18. The summed E-state index contributed by atoms with van der Waals surface area (Å²) < 4.78 is 5.59. The van der Waals surface area contributed by atoms with E-state index in [0.29, 0.717) is 18.7 Å². The van der Waals surface area contributed by atoms with Gasteiger partial charge in [-0.3, -0.25) is 10.6 Å². The van der Waals surface area contributed by atoms with E-state index in [2.05, 4.69) is 22.7 Å². The molecule has 1 aliphatic rings.